The van der Waals surface area contributed by atoms with E-state index in [1.165, 1.54) is 16.1 Å². The lowest BCUT2D eigenvalue weighted by Gasteiger charge is -2.23. The third-order valence-electron chi connectivity index (χ3n) is 3.94. The average molecular weight is 401 g/mol. The van der Waals surface area contributed by atoms with Crippen LogP contribution in [0.2, 0.25) is 0 Å². The van der Waals surface area contributed by atoms with E-state index in [0.717, 1.165) is 5.56 Å². The van der Waals surface area contributed by atoms with Crippen LogP contribution in [0.1, 0.15) is 33.3 Å². The van der Waals surface area contributed by atoms with E-state index in [4.69, 9.17) is 4.74 Å². The van der Waals surface area contributed by atoms with Gasteiger partial charge < -0.3 is 10.1 Å². The largest absolute Gasteiger partial charge is 0.491 e. The van der Waals surface area contributed by atoms with E-state index in [0.29, 0.717) is 24.0 Å². The number of nitrogens with one attached hydrogen (secondary N) is 1. The summed E-state index contributed by atoms with van der Waals surface area (Å²) in [6.07, 6.45) is 0.0140. The molecule has 1 amide bonds. The number of sulfonamides is 1. The van der Waals surface area contributed by atoms with Gasteiger partial charge in [0.25, 0.3) is 0 Å². The molecule has 0 aliphatic carbocycles. The van der Waals surface area contributed by atoms with E-state index in [1.54, 1.807) is 18.2 Å². The quantitative estimate of drug-likeness (QED) is 0.761. The topological polar surface area (TPSA) is 75.7 Å². The average Bonchev–Trinajstić information content (AvgIpc) is 3.04. The molecule has 0 saturated carbocycles. The van der Waals surface area contributed by atoms with Crippen molar-refractivity contribution in [3.63, 3.8) is 0 Å². The van der Waals surface area contributed by atoms with Gasteiger partial charge in [-0.1, -0.05) is 13.8 Å². The first-order valence-corrected chi connectivity index (χ1v) is 11.4. The van der Waals surface area contributed by atoms with Gasteiger partial charge in [-0.2, -0.15) is 4.31 Å². The summed E-state index contributed by atoms with van der Waals surface area (Å²) in [5.41, 5.74) is 0.757. The summed E-state index contributed by atoms with van der Waals surface area (Å²) in [5.74, 6) is 1.50. The second kappa shape index (κ2) is 8.63. The van der Waals surface area contributed by atoms with Crippen molar-refractivity contribution in [3.05, 3.63) is 23.8 Å². The van der Waals surface area contributed by atoms with Crippen molar-refractivity contribution in [1.29, 1.82) is 0 Å². The molecule has 26 heavy (non-hydrogen) atoms. The lowest BCUT2D eigenvalue weighted by Crippen LogP contribution is -2.47. The number of amides is 1. The van der Waals surface area contributed by atoms with Gasteiger partial charge in [-0.05, 0) is 50.5 Å². The summed E-state index contributed by atoms with van der Waals surface area (Å²) in [4.78, 5) is 12.6. The SMILES string of the molecule is Cc1cc(S(=O)(=O)N2CSCC2C(=O)NCC(C)C)ccc1OC(C)C. The molecule has 1 N–H and O–H groups in total. The summed E-state index contributed by atoms with van der Waals surface area (Å²) in [6, 6.07) is 4.17. The summed E-state index contributed by atoms with van der Waals surface area (Å²) in [6.45, 7) is 10.2. The third-order valence-corrected chi connectivity index (χ3v) is 6.97. The van der Waals surface area contributed by atoms with Crippen molar-refractivity contribution >= 4 is 27.7 Å². The monoisotopic (exact) mass is 400 g/mol. The Hall–Kier alpha value is -1.25. The van der Waals surface area contributed by atoms with E-state index >= 15 is 0 Å². The zero-order valence-electron chi connectivity index (χ0n) is 16.0. The van der Waals surface area contributed by atoms with E-state index in [1.807, 2.05) is 34.6 Å². The highest BCUT2D eigenvalue weighted by Gasteiger charge is 2.40. The number of carbonyl (C=O) groups is 1. The zero-order valence-corrected chi connectivity index (χ0v) is 17.6. The maximum absolute atomic E-state index is 13.1. The van der Waals surface area contributed by atoms with Gasteiger partial charge in [-0.15, -0.1) is 11.8 Å². The van der Waals surface area contributed by atoms with Crippen molar-refractivity contribution in [3.8, 4) is 5.75 Å². The first kappa shape index (κ1) is 21.1. The van der Waals surface area contributed by atoms with Crippen LogP contribution in [0.25, 0.3) is 0 Å². The Bertz CT molecular complexity index is 748. The number of nitrogens with zero attached hydrogens (tertiary/aromatic N) is 1. The molecule has 1 atom stereocenters. The Labute approximate surface area is 160 Å². The summed E-state index contributed by atoms with van der Waals surface area (Å²) in [5, 5.41) is 2.84. The van der Waals surface area contributed by atoms with Gasteiger partial charge in [-0.25, -0.2) is 8.42 Å². The minimum absolute atomic E-state index is 0.0140. The summed E-state index contributed by atoms with van der Waals surface area (Å²) >= 11 is 1.45. The molecule has 2 rings (SSSR count). The Balaban J connectivity index is 2.22. The fourth-order valence-electron chi connectivity index (χ4n) is 2.60. The standard InChI is InChI=1S/C18H28N2O4S2/c1-12(2)9-19-18(21)16-10-25-11-20(16)26(22,23)15-6-7-17(14(5)8-15)24-13(3)4/h6-8,12-13,16H,9-11H2,1-5H3,(H,19,21). The van der Waals surface area contributed by atoms with Gasteiger partial charge in [-0.3, -0.25) is 4.79 Å². The molecule has 146 valence electrons. The molecule has 0 spiro atoms. The second-order valence-electron chi connectivity index (χ2n) is 7.14. The molecular formula is C18H28N2O4S2. The Morgan fingerprint density at radius 1 is 1.35 bits per heavy atom. The van der Waals surface area contributed by atoms with Crippen LogP contribution in [-0.2, 0) is 14.8 Å². The van der Waals surface area contributed by atoms with Gasteiger partial charge in [0.15, 0.2) is 0 Å². The molecule has 0 aromatic heterocycles. The molecular weight excluding hydrogens is 372 g/mol. The van der Waals surface area contributed by atoms with Crippen LogP contribution < -0.4 is 10.1 Å². The fraction of sp³-hybridized carbons (Fsp3) is 0.611. The van der Waals surface area contributed by atoms with Gasteiger partial charge in [0.05, 0.1) is 16.9 Å². The minimum Gasteiger partial charge on any atom is -0.491 e. The van der Waals surface area contributed by atoms with Crippen LogP contribution in [0.3, 0.4) is 0 Å². The first-order chi connectivity index (χ1) is 12.1. The number of benzene rings is 1. The maximum atomic E-state index is 13.1. The predicted molar refractivity (Wildman–Crippen MR) is 105 cm³/mol. The van der Waals surface area contributed by atoms with E-state index < -0.39 is 16.1 Å². The Morgan fingerprint density at radius 2 is 2.04 bits per heavy atom. The number of carbonyl (C=O) groups excluding carboxylic acids is 1. The number of hydrogen-bond donors (Lipinski definition) is 1. The number of rotatable bonds is 7. The van der Waals surface area contributed by atoms with Crippen molar-refractivity contribution in [2.75, 3.05) is 18.2 Å². The lowest BCUT2D eigenvalue weighted by molar-refractivity contribution is -0.123. The number of hydrogen-bond acceptors (Lipinski definition) is 5. The van der Waals surface area contributed by atoms with Gasteiger partial charge >= 0.3 is 0 Å². The molecule has 1 aliphatic rings. The summed E-state index contributed by atoms with van der Waals surface area (Å²) < 4.78 is 33.1. The molecule has 1 unspecified atom stereocenters. The smallest absolute Gasteiger partial charge is 0.244 e. The normalized spacial score (nSPS) is 18.5. The van der Waals surface area contributed by atoms with Crippen molar-refractivity contribution in [2.45, 2.75) is 51.7 Å². The van der Waals surface area contributed by atoms with Crippen LogP contribution in [0, 0.1) is 12.8 Å². The van der Waals surface area contributed by atoms with Gasteiger partial charge in [0.1, 0.15) is 11.8 Å². The number of aryl methyl sites for hydroxylation is 1. The molecule has 1 aromatic carbocycles. The van der Waals surface area contributed by atoms with E-state index in [-0.39, 0.29) is 22.8 Å². The highest BCUT2D eigenvalue weighted by molar-refractivity contribution is 8.00. The number of thioether (sulfide) groups is 1. The van der Waals surface area contributed by atoms with E-state index in [2.05, 4.69) is 5.32 Å². The molecule has 1 aliphatic heterocycles. The van der Waals surface area contributed by atoms with Crippen LogP contribution in [0.5, 0.6) is 5.75 Å². The summed E-state index contributed by atoms with van der Waals surface area (Å²) in [7, 11) is -3.74. The third kappa shape index (κ3) is 4.92. The molecule has 0 bridgehead atoms. The van der Waals surface area contributed by atoms with Crippen molar-refractivity contribution in [2.24, 2.45) is 5.92 Å². The zero-order chi connectivity index (χ0) is 19.5. The van der Waals surface area contributed by atoms with Gasteiger partial charge in [0, 0.05) is 12.3 Å². The lowest BCUT2D eigenvalue weighted by atomic mass is 10.2. The van der Waals surface area contributed by atoms with Crippen molar-refractivity contribution in [1.82, 2.24) is 9.62 Å². The minimum atomic E-state index is -3.74. The van der Waals surface area contributed by atoms with Crippen LogP contribution >= 0.6 is 11.8 Å². The van der Waals surface area contributed by atoms with E-state index in [9.17, 15) is 13.2 Å². The van der Waals surface area contributed by atoms with Gasteiger partial charge in [0.2, 0.25) is 15.9 Å². The molecule has 8 heteroatoms. The molecule has 1 aromatic rings. The fourth-order valence-corrected chi connectivity index (χ4v) is 5.83. The highest BCUT2D eigenvalue weighted by Crippen LogP contribution is 2.30. The molecule has 1 heterocycles. The maximum Gasteiger partial charge on any atom is 0.244 e. The Morgan fingerprint density at radius 3 is 2.62 bits per heavy atom. The Kier molecular flexibility index (Phi) is 6.99. The molecule has 0 radical (unpaired) electrons. The molecule has 1 fully saturated rings. The predicted octanol–water partition coefficient (Wildman–Crippen LogP) is 2.62. The van der Waals surface area contributed by atoms with Crippen LogP contribution in [0.4, 0.5) is 0 Å². The molecule has 1 saturated heterocycles. The van der Waals surface area contributed by atoms with Crippen molar-refractivity contribution < 1.29 is 17.9 Å². The highest BCUT2D eigenvalue weighted by atomic mass is 32.2. The first-order valence-electron chi connectivity index (χ1n) is 8.77. The second-order valence-corrected chi connectivity index (χ2v) is 10.0. The number of ether oxygens (including phenoxy) is 1. The molecule has 6 nitrogen and oxygen atoms in total. The van der Waals surface area contributed by atoms with Crippen LogP contribution in [0.15, 0.2) is 23.1 Å². The van der Waals surface area contributed by atoms with Crippen LogP contribution in [-0.4, -0.2) is 49.0 Å².